The quantitative estimate of drug-likeness (QED) is 0.753. The summed E-state index contributed by atoms with van der Waals surface area (Å²) >= 11 is 0. The Morgan fingerprint density at radius 2 is 2.29 bits per heavy atom. The summed E-state index contributed by atoms with van der Waals surface area (Å²) in [5.41, 5.74) is 0.972. The zero-order valence-corrected chi connectivity index (χ0v) is 13.8. The molecular formula is C18H22FN3O2. The fraction of sp³-hybridized carbons (Fsp3) is 0.444. The van der Waals surface area contributed by atoms with Gasteiger partial charge in [0.25, 0.3) is 0 Å². The molecule has 3 rings (SSSR count). The maximum Gasteiger partial charge on any atom is 0.225 e. The van der Waals surface area contributed by atoms with Gasteiger partial charge in [0.15, 0.2) is 0 Å². The minimum atomic E-state index is -0.329. The van der Waals surface area contributed by atoms with Crippen LogP contribution in [0.15, 0.2) is 30.5 Å². The van der Waals surface area contributed by atoms with E-state index in [0.717, 1.165) is 17.9 Å². The zero-order chi connectivity index (χ0) is 16.9. The van der Waals surface area contributed by atoms with Crippen molar-refractivity contribution < 1.29 is 13.9 Å². The summed E-state index contributed by atoms with van der Waals surface area (Å²) in [6, 6.07) is 6.00. The van der Waals surface area contributed by atoms with Crippen LogP contribution in [-0.2, 0) is 11.3 Å². The number of benzene rings is 1. The van der Waals surface area contributed by atoms with Crippen LogP contribution in [0.25, 0.3) is 0 Å². The minimum Gasteiger partial charge on any atom is -0.493 e. The highest BCUT2D eigenvalue weighted by atomic mass is 19.1. The molecule has 2 aromatic rings. The van der Waals surface area contributed by atoms with E-state index in [1.807, 2.05) is 11.6 Å². The van der Waals surface area contributed by atoms with Gasteiger partial charge in [-0.1, -0.05) is 6.07 Å². The molecule has 128 valence electrons. The van der Waals surface area contributed by atoms with Gasteiger partial charge >= 0.3 is 0 Å². The third-order valence-electron chi connectivity index (χ3n) is 4.02. The van der Waals surface area contributed by atoms with Crippen molar-refractivity contribution in [3.05, 3.63) is 41.8 Å². The predicted octanol–water partition coefficient (Wildman–Crippen LogP) is 3.54. The largest absolute Gasteiger partial charge is 0.493 e. The Kier molecular flexibility index (Phi) is 5.13. The van der Waals surface area contributed by atoms with E-state index < -0.39 is 0 Å². The molecule has 0 unspecified atom stereocenters. The molecule has 1 heterocycles. The highest BCUT2D eigenvalue weighted by molar-refractivity contribution is 5.90. The molecule has 1 aliphatic rings. The highest BCUT2D eigenvalue weighted by Gasteiger charge is 2.24. The average Bonchev–Trinajstić information content (AvgIpc) is 3.31. The van der Waals surface area contributed by atoms with E-state index in [1.54, 1.807) is 18.3 Å². The Labute approximate surface area is 140 Å². The Bertz CT molecular complexity index is 710. The monoisotopic (exact) mass is 331 g/mol. The highest BCUT2D eigenvalue weighted by Crippen LogP contribution is 2.31. The Morgan fingerprint density at radius 3 is 3.04 bits per heavy atom. The third-order valence-corrected chi connectivity index (χ3v) is 4.02. The first kappa shape index (κ1) is 16.5. The topological polar surface area (TPSA) is 56.2 Å². The number of aryl methyl sites for hydroxylation is 1. The maximum atomic E-state index is 13.0. The molecule has 0 saturated heterocycles. The SMILES string of the molecule is Cc1cnn(CC2CC2)c1NC(=O)CCCOc1cccc(F)c1. The van der Waals surface area contributed by atoms with Crippen LogP contribution < -0.4 is 10.1 Å². The number of carbonyl (C=O) groups excluding carboxylic acids is 1. The van der Waals surface area contributed by atoms with Crippen LogP contribution in [-0.4, -0.2) is 22.3 Å². The predicted molar refractivity (Wildman–Crippen MR) is 89.4 cm³/mol. The van der Waals surface area contributed by atoms with Crippen LogP contribution in [0, 0.1) is 18.7 Å². The van der Waals surface area contributed by atoms with E-state index in [9.17, 15) is 9.18 Å². The molecule has 1 saturated carbocycles. The number of nitrogens with one attached hydrogen (secondary N) is 1. The molecule has 0 radical (unpaired) electrons. The number of anilines is 1. The minimum absolute atomic E-state index is 0.0570. The maximum absolute atomic E-state index is 13.0. The lowest BCUT2D eigenvalue weighted by Gasteiger charge is -2.10. The van der Waals surface area contributed by atoms with Crippen LogP contribution in [0.2, 0.25) is 0 Å². The molecule has 1 aromatic carbocycles. The van der Waals surface area contributed by atoms with E-state index in [1.165, 1.54) is 25.0 Å². The fourth-order valence-corrected chi connectivity index (χ4v) is 2.50. The molecule has 1 aliphatic carbocycles. The van der Waals surface area contributed by atoms with Gasteiger partial charge in [-0.15, -0.1) is 0 Å². The summed E-state index contributed by atoms with van der Waals surface area (Å²) < 4.78 is 20.4. The molecule has 1 N–H and O–H groups in total. The standard InChI is InChI=1S/C18H22FN3O2/c1-13-11-20-22(12-14-7-8-14)18(13)21-17(23)6-3-9-24-16-5-2-4-15(19)10-16/h2,4-5,10-11,14H,3,6-9,12H2,1H3,(H,21,23). The number of hydrogen-bond donors (Lipinski definition) is 1. The zero-order valence-electron chi connectivity index (χ0n) is 13.8. The van der Waals surface area contributed by atoms with E-state index >= 15 is 0 Å². The van der Waals surface area contributed by atoms with Crippen LogP contribution in [0.3, 0.4) is 0 Å². The van der Waals surface area contributed by atoms with Gasteiger partial charge < -0.3 is 10.1 Å². The molecule has 1 aromatic heterocycles. The molecule has 24 heavy (non-hydrogen) atoms. The molecule has 1 amide bonds. The number of carbonyl (C=O) groups is 1. The molecule has 0 atom stereocenters. The summed E-state index contributed by atoms with van der Waals surface area (Å²) in [4.78, 5) is 12.1. The number of halogens is 1. The first-order chi connectivity index (χ1) is 11.6. The number of ether oxygens (including phenoxy) is 1. The smallest absolute Gasteiger partial charge is 0.225 e. The molecule has 5 nitrogen and oxygen atoms in total. The van der Waals surface area contributed by atoms with Gasteiger partial charge in [-0.3, -0.25) is 4.79 Å². The number of rotatable bonds is 8. The summed E-state index contributed by atoms with van der Waals surface area (Å²) in [6.45, 7) is 3.18. The van der Waals surface area contributed by atoms with Crippen LogP contribution in [0.4, 0.5) is 10.2 Å². The molecule has 6 heteroatoms. The lowest BCUT2D eigenvalue weighted by Crippen LogP contribution is -2.17. The van der Waals surface area contributed by atoms with E-state index in [2.05, 4.69) is 10.4 Å². The summed E-state index contributed by atoms with van der Waals surface area (Å²) in [6.07, 6.45) is 5.18. The van der Waals surface area contributed by atoms with Crippen molar-refractivity contribution in [2.24, 2.45) is 5.92 Å². The second-order valence-corrected chi connectivity index (χ2v) is 6.26. The Balaban J connectivity index is 1.43. The fourth-order valence-electron chi connectivity index (χ4n) is 2.50. The molecular weight excluding hydrogens is 309 g/mol. The van der Waals surface area contributed by atoms with Gasteiger partial charge in [-0.2, -0.15) is 5.10 Å². The first-order valence-corrected chi connectivity index (χ1v) is 8.32. The molecule has 0 bridgehead atoms. The van der Waals surface area contributed by atoms with Crippen LogP contribution >= 0.6 is 0 Å². The van der Waals surface area contributed by atoms with E-state index in [-0.39, 0.29) is 11.7 Å². The van der Waals surface area contributed by atoms with Gasteiger partial charge in [-0.05, 0) is 44.2 Å². The average molecular weight is 331 g/mol. The van der Waals surface area contributed by atoms with Gasteiger partial charge in [0.2, 0.25) is 5.91 Å². The lowest BCUT2D eigenvalue weighted by molar-refractivity contribution is -0.116. The molecule has 0 spiro atoms. The molecule has 1 fully saturated rings. The number of aromatic nitrogens is 2. The van der Waals surface area contributed by atoms with Crippen molar-refractivity contribution in [1.29, 1.82) is 0 Å². The summed E-state index contributed by atoms with van der Waals surface area (Å²) in [7, 11) is 0. The number of hydrogen-bond acceptors (Lipinski definition) is 3. The van der Waals surface area contributed by atoms with Crippen molar-refractivity contribution >= 4 is 11.7 Å². The summed E-state index contributed by atoms with van der Waals surface area (Å²) in [5, 5.41) is 7.28. The Hall–Kier alpha value is -2.37. The third kappa shape index (κ3) is 4.57. The first-order valence-electron chi connectivity index (χ1n) is 8.32. The summed E-state index contributed by atoms with van der Waals surface area (Å²) in [5.74, 6) is 1.58. The van der Waals surface area contributed by atoms with Gasteiger partial charge in [0, 0.05) is 24.6 Å². The van der Waals surface area contributed by atoms with Crippen molar-refractivity contribution in [3.63, 3.8) is 0 Å². The van der Waals surface area contributed by atoms with E-state index in [4.69, 9.17) is 4.74 Å². The normalized spacial score (nSPS) is 13.8. The van der Waals surface area contributed by atoms with Crippen molar-refractivity contribution in [2.75, 3.05) is 11.9 Å². The Morgan fingerprint density at radius 1 is 1.46 bits per heavy atom. The van der Waals surface area contributed by atoms with Crippen molar-refractivity contribution in [2.45, 2.75) is 39.2 Å². The van der Waals surface area contributed by atoms with Gasteiger partial charge in [-0.25, -0.2) is 9.07 Å². The van der Waals surface area contributed by atoms with Crippen LogP contribution in [0.5, 0.6) is 5.75 Å². The number of amides is 1. The van der Waals surface area contributed by atoms with Crippen LogP contribution in [0.1, 0.15) is 31.2 Å². The second-order valence-electron chi connectivity index (χ2n) is 6.26. The second kappa shape index (κ2) is 7.47. The number of nitrogens with zero attached hydrogens (tertiary/aromatic N) is 2. The van der Waals surface area contributed by atoms with E-state index in [0.29, 0.717) is 31.1 Å². The van der Waals surface area contributed by atoms with Gasteiger partial charge in [0.05, 0.1) is 12.8 Å². The van der Waals surface area contributed by atoms with Gasteiger partial charge in [0.1, 0.15) is 17.4 Å². The molecule has 0 aliphatic heterocycles. The van der Waals surface area contributed by atoms with Crippen molar-refractivity contribution in [3.8, 4) is 5.75 Å². The van der Waals surface area contributed by atoms with Crippen molar-refractivity contribution in [1.82, 2.24) is 9.78 Å². The lowest BCUT2D eigenvalue weighted by atomic mass is 10.3.